The molecule has 4 aliphatic rings. The Hall–Kier alpha value is -0.480. The predicted molar refractivity (Wildman–Crippen MR) is 86.2 cm³/mol. The summed E-state index contributed by atoms with van der Waals surface area (Å²) in [6, 6.07) is 0. The largest absolute Gasteiger partial charge is 0.310 e. The molecule has 0 saturated heterocycles. The van der Waals surface area contributed by atoms with Crippen LogP contribution >= 0.6 is 11.3 Å². The van der Waals surface area contributed by atoms with Crippen molar-refractivity contribution < 1.29 is 0 Å². The maximum absolute atomic E-state index is 4.59. The van der Waals surface area contributed by atoms with Gasteiger partial charge in [0, 0.05) is 12.5 Å². The zero-order valence-corrected chi connectivity index (χ0v) is 14.0. The zero-order chi connectivity index (χ0) is 14.4. The molecule has 0 radical (unpaired) electrons. The number of hydrogen-bond acceptors (Lipinski definition) is 4. The second kappa shape index (κ2) is 5.62. The van der Waals surface area contributed by atoms with Crippen molar-refractivity contribution in [2.24, 2.45) is 29.6 Å². The van der Waals surface area contributed by atoms with Crippen LogP contribution in [0.1, 0.15) is 61.9 Å². The third-order valence-electron chi connectivity index (χ3n) is 5.82. The molecule has 0 amide bonds. The molecule has 4 saturated carbocycles. The average molecular weight is 305 g/mol. The first-order chi connectivity index (χ1) is 10.2. The monoisotopic (exact) mass is 305 g/mol. The maximum Gasteiger partial charge on any atom is 0.131 e. The van der Waals surface area contributed by atoms with Gasteiger partial charge in [-0.15, -0.1) is 10.2 Å². The normalized spacial score (nSPS) is 37.6. The molecular formula is C17H27N3S. The Labute approximate surface area is 131 Å². The summed E-state index contributed by atoms with van der Waals surface area (Å²) < 4.78 is 0. The van der Waals surface area contributed by atoms with Crippen molar-refractivity contribution in [2.45, 2.75) is 58.4 Å². The lowest BCUT2D eigenvalue weighted by Gasteiger charge is -2.53. The minimum atomic E-state index is 0.696. The molecule has 0 aliphatic heterocycles. The number of nitrogens with one attached hydrogen (secondary N) is 1. The first-order valence-electron chi connectivity index (χ1n) is 8.72. The van der Waals surface area contributed by atoms with Gasteiger partial charge in [0.1, 0.15) is 10.0 Å². The molecule has 4 bridgehead atoms. The smallest absolute Gasteiger partial charge is 0.131 e. The van der Waals surface area contributed by atoms with Crippen LogP contribution in [0.5, 0.6) is 0 Å². The quantitative estimate of drug-likeness (QED) is 0.898. The van der Waals surface area contributed by atoms with Crippen LogP contribution in [-0.2, 0) is 6.54 Å². The Kier molecular flexibility index (Phi) is 3.78. The second-order valence-electron chi connectivity index (χ2n) is 8.02. The summed E-state index contributed by atoms with van der Waals surface area (Å²) in [4.78, 5) is 0. The molecule has 3 nitrogen and oxygen atoms in total. The van der Waals surface area contributed by atoms with Crippen molar-refractivity contribution in [1.82, 2.24) is 15.5 Å². The van der Waals surface area contributed by atoms with Crippen LogP contribution in [0.15, 0.2) is 0 Å². The highest BCUT2D eigenvalue weighted by atomic mass is 32.1. The fourth-order valence-corrected chi connectivity index (χ4v) is 6.37. The molecule has 0 atom stereocenters. The fraction of sp³-hybridized carbons (Fsp3) is 0.882. The van der Waals surface area contributed by atoms with E-state index in [0.29, 0.717) is 5.92 Å². The molecule has 5 rings (SSSR count). The first kappa shape index (κ1) is 14.1. The van der Waals surface area contributed by atoms with Crippen LogP contribution in [0, 0.1) is 29.6 Å². The number of rotatable bonds is 5. The van der Waals surface area contributed by atoms with E-state index < -0.39 is 0 Å². The first-order valence-corrected chi connectivity index (χ1v) is 9.53. The van der Waals surface area contributed by atoms with Crippen molar-refractivity contribution in [1.29, 1.82) is 0 Å². The Balaban J connectivity index is 1.43. The van der Waals surface area contributed by atoms with Crippen LogP contribution in [0.2, 0.25) is 0 Å². The van der Waals surface area contributed by atoms with Crippen LogP contribution in [0.25, 0.3) is 0 Å². The summed E-state index contributed by atoms with van der Waals surface area (Å²) in [7, 11) is 0. The molecule has 4 aliphatic carbocycles. The van der Waals surface area contributed by atoms with Crippen molar-refractivity contribution in [3.8, 4) is 0 Å². The summed E-state index contributed by atoms with van der Waals surface area (Å²) in [5.41, 5.74) is 0. The minimum absolute atomic E-state index is 0.696. The number of aromatic nitrogens is 2. The van der Waals surface area contributed by atoms with E-state index in [1.165, 1.54) is 42.1 Å². The van der Waals surface area contributed by atoms with E-state index in [9.17, 15) is 0 Å². The standard InChI is InChI=1S/C17H27N3S/c1-10(2)8-18-9-15-19-20-17(21-15)16-13-4-11-3-12(6-13)7-14(16)5-11/h10-14,16,18H,3-9H2,1-2H3. The summed E-state index contributed by atoms with van der Waals surface area (Å²) in [6.07, 6.45) is 7.41. The van der Waals surface area contributed by atoms with Gasteiger partial charge in [-0.05, 0) is 68.2 Å². The Morgan fingerprint density at radius 2 is 1.71 bits per heavy atom. The molecule has 21 heavy (non-hydrogen) atoms. The van der Waals surface area contributed by atoms with Crippen LogP contribution in [0.4, 0.5) is 0 Å². The van der Waals surface area contributed by atoms with Crippen molar-refractivity contribution in [3.63, 3.8) is 0 Å². The van der Waals surface area contributed by atoms with Gasteiger partial charge in [0.15, 0.2) is 0 Å². The highest BCUT2D eigenvalue weighted by Crippen LogP contribution is 2.59. The third kappa shape index (κ3) is 2.77. The van der Waals surface area contributed by atoms with Crippen molar-refractivity contribution in [3.05, 3.63) is 10.0 Å². The lowest BCUT2D eigenvalue weighted by molar-refractivity contribution is -0.00303. The average Bonchev–Trinajstić information content (AvgIpc) is 2.85. The van der Waals surface area contributed by atoms with Gasteiger partial charge in [0.25, 0.3) is 0 Å². The molecule has 1 N–H and O–H groups in total. The predicted octanol–water partition coefficient (Wildman–Crippen LogP) is 3.82. The zero-order valence-electron chi connectivity index (χ0n) is 13.2. The lowest BCUT2D eigenvalue weighted by Crippen LogP contribution is -2.43. The van der Waals surface area contributed by atoms with Gasteiger partial charge in [0.05, 0.1) is 0 Å². The molecule has 0 aromatic carbocycles. The molecule has 0 spiro atoms. The van der Waals surface area contributed by atoms with E-state index >= 15 is 0 Å². The second-order valence-corrected chi connectivity index (χ2v) is 9.11. The Morgan fingerprint density at radius 3 is 2.33 bits per heavy atom. The van der Waals surface area contributed by atoms with Gasteiger partial charge >= 0.3 is 0 Å². The van der Waals surface area contributed by atoms with Crippen molar-refractivity contribution >= 4 is 11.3 Å². The fourth-order valence-electron chi connectivity index (χ4n) is 5.27. The molecule has 0 unspecified atom stereocenters. The molecule has 1 heterocycles. The number of nitrogens with zero attached hydrogens (tertiary/aromatic N) is 2. The summed E-state index contributed by atoms with van der Waals surface area (Å²) in [5.74, 6) is 5.38. The van der Waals surface area contributed by atoms with E-state index in [2.05, 4.69) is 29.4 Å². The van der Waals surface area contributed by atoms with Gasteiger partial charge in [-0.25, -0.2) is 0 Å². The highest BCUT2D eigenvalue weighted by Gasteiger charge is 2.49. The Bertz CT molecular complexity index is 468. The molecule has 4 heteroatoms. The molecule has 1 aromatic heterocycles. The van der Waals surface area contributed by atoms with Gasteiger partial charge in [-0.3, -0.25) is 0 Å². The van der Waals surface area contributed by atoms with E-state index in [0.717, 1.165) is 42.7 Å². The van der Waals surface area contributed by atoms with Crippen LogP contribution < -0.4 is 5.32 Å². The number of hydrogen-bond donors (Lipinski definition) is 1. The molecular weight excluding hydrogens is 278 g/mol. The molecule has 4 fully saturated rings. The Morgan fingerprint density at radius 1 is 1.05 bits per heavy atom. The summed E-state index contributed by atoms with van der Waals surface area (Å²) >= 11 is 1.88. The maximum atomic E-state index is 4.59. The van der Waals surface area contributed by atoms with E-state index in [4.69, 9.17) is 0 Å². The van der Waals surface area contributed by atoms with E-state index in [-0.39, 0.29) is 0 Å². The molecule has 1 aromatic rings. The minimum Gasteiger partial charge on any atom is -0.310 e. The topological polar surface area (TPSA) is 37.8 Å². The van der Waals surface area contributed by atoms with E-state index in [1.54, 1.807) is 0 Å². The van der Waals surface area contributed by atoms with Gasteiger partial charge in [0.2, 0.25) is 0 Å². The lowest BCUT2D eigenvalue weighted by atomic mass is 9.52. The molecule has 116 valence electrons. The summed E-state index contributed by atoms with van der Waals surface area (Å²) in [5, 5.41) is 15.1. The summed E-state index contributed by atoms with van der Waals surface area (Å²) in [6.45, 7) is 6.44. The SMILES string of the molecule is CC(C)CNCc1nnc(C2C3CC4CC(C3)CC2C4)s1. The highest BCUT2D eigenvalue weighted by molar-refractivity contribution is 7.11. The van der Waals surface area contributed by atoms with Gasteiger partial charge < -0.3 is 5.32 Å². The van der Waals surface area contributed by atoms with Gasteiger partial charge in [-0.1, -0.05) is 25.2 Å². The third-order valence-corrected chi connectivity index (χ3v) is 6.85. The van der Waals surface area contributed by atoms with Crippen LogP contribution in [-0.4, -0.2) is 16.7 Å². The van der Waals surface area contributed by atoms with Crippen molar-refractivity contribution in [2.75, 3.05) is 6.54 Å². The van der Waals surface area contributed by atoms with Crippen LogP contribution in [0.3, 0.4) is 0 Å². The van der Waals surface area contributed by atoms with Gasteiger partial charge in [-0.2, -0.15) is 0 Å². The van der Waals surface area contributed by atoms with E-state index in [1.807, 2.05) is 11.3 Å².